The fourth-order valence-corrected chi connectivity index (χ4v) is 3.54. The van der Waals surface area contributed by atoms with E-state index in [-0.39, 0.29) is 17.8 Å². The van der Waals surface area contributed by atoms with E-state index in [2.05, 4.69) is 17.1 Å². The minimum Gasteiger partial charge on any atom is -0.379 e. The predicted octanol–water partition coefficient (Wildman–Crippen LogP) is 2.27. The number of fused-ring (bicyclic) bond motifs is 1. The lowest BCUT2D eigenvalue weighted by molar-refractivity contribution is 0.0364. The second kappa shape index (κ2) is 9.19. The Morgan fingerprint density at radius 1 is 1.19 bits per heavy atom. The van der Waals surface area contributed by atoms with Gasteiger partial charge in [-0.15, -0.1) is 0 Å². The summed E-state index contributed by atoms with van der Waals surface area (Å²) >= 11 is 0. The second-order valence-corrected chi connectivity index (χ2v) is 7.21. The van der Waals surface area contributed by atoms with Crippen molar-refractivity contribution in [3.05, 3.63) is 34.7 Å². The molecule has 0 bridgehead atoms. The number of hydrogen-bond donors (Lipinski definition) is 1. The summed E-state index contributed by atoms with van der Waals surface area (Å²) in [5, 5.41) is 2.97. The van der Waals surface area contributed by atoms with E-state index in [0.29, 0.717) is 12.1 Å². The summed E-state index contributed by atoms with van der Waals surface area (Å²) in [4.78, 5) is 28.1. The Morgan fingerprint density at radius 3 is 2.59 bits per heavy atom. The first kappa shape index (κ1) is 19.6. The lowest BCUT2D eigenvalue weighted by atomic mass is 10.1. The van der Waals surface area contributed by atoms with Gasteiger partial charge in [0.05, 0.1) is 24.2 Å². The van der Waals surface area contributed by atoms with Crippen molar-refractivity contribution in [2.75, 3.05) is 32.8 Å². The largest absolute Gasteiger partial charge is 0.379 e. The summed E-state index contributed by atoms with van der Waals surface area (Å²) in [5.74, 6) is 0. The van der Waals surface area contributed by atoms with Crippen LogP contribution in [0, 0.1) is 0 Å². The van der Waals surface area contributed by atoms with E-state index >= 15 is 0 Å². The van der Waals surface area contributed by atoms with Crippen LogP contribution in [0.2, 0.25) is 0 Å². The molecule has 1 fully saturated rings. The summed E-state index contributed by atoms with van der Waals surface area (Å²) in [6.45, 7) is 8.66. The number of morpholine rings is 1. The van der Waals surface area contributed by atoms with Gasteiger partial charge in [0.1, 0.15) is 0 Å². The Morgan fingerprint density at radius 2 is 1.89 bits per heavy atom. The molecular weight excluding hydrogens is 344 g/mol. The Hall–Kier alpha value is -2.12. The van der Waals surface area contributed by atoms with Crippen molar-refractivity contribution in [1.29, 1.82) is 0 Å². The quantitative estimate of drug-likeness (QED) is 0.807. The number of para-hydroxylation sites is 2. The molecule has 1 unspecified atom stereocenters. The van der Waals surface area contributed by atoms with E-state index in [1.54, 1.807) is 4.57 Å². The molecule has 1 amide bonds. The minimum atomic E-state index is -0.343. The number of carbonyl (C=O) groups is 1. The van der Waals surface area contributed by atoms with Gasteiger partial charge < -0.3 is 10.1 Å². The number of carbonyl (C=O) groups excluding carboxylic acids is 1. The third kappa shape index (κ3) is 4.59. The highest BCUT2D eigenvalue weighted by molar-refractivity contribution is 5.89. The molecule has 2 aromatic rings. The first-order valence-electron chi connectivity index (χ1n) is 9.93. The molecule has 1 atom stereocenters. The highest BCUT2D eigenvalue weighted by Crippen LogP contribution is 2.13. The third-order valence-electron chi connectivity index (χ3n) is 5.14. The van der Waals surface area contributed by atoms with Crippen LogP contribution in [-0.4, -0.2) is 59.0 Å². The molecule has 27 heavy (non-hydrogen) atoms. The van der Waals surface area contributed by atoms with Gasteiger partial charge >= 0.3 is 11.7 Å². The van der Waals surface area contributed by atoms with Gasteiger partial charge in [0, 0.05) is 32.2 Å². The van der Waals surface area contributed by atoms with Crippen LogP contribution in [0.4, 0.5) is 4.79 Å². The summed E-state index contributed by atoms with van der Waals surface area (Å²) in [5.41, 5.74) is 1.18. The molecule has 1 aliphatic heterocycles. The topological polar surface area (TPSA) is 68.5 Å². The highest BCUT2D eigenvalue weighted by atomic mass is 16.5. The number of aromatic nitrogens is 2. The van der Waals surface area contributed by atoms with E-state index in [0.717, 1.165) is 57.6 Å². The smallest absolute Gasteiger partial charge is 0.337 e. The van der Waals surface area contributed by atoms with E-state index in [1.807, 2.05) is 31.2 Å². The highest BCUT2D eigenvalue weighted by Gasteiger charge is 2.20. The second-order valence-electron chi connectivity index (χ2n) is 7.21. The molecule has 0 radical (unpaired) electrons. The summed E-state index contributed by atoms with van der Waals surface area (Å²) < 4.78 is 8.36. The van der Waals surface area contributed by atoms with Gasteiger partial charge in [-0.1, -0.05) is 31.9 Å². The Bertz CT molecular complexity index is 820. The molecule has 0 aliphatic carbocycles. The van der Waals surface area contributed by atoms with Crippen LogP contribution in [-0.2, 0) is 11.3 Å². The number of imidazole rings is 1. The fourth-order valence-electron chi connectivity index (χ4n) is 3.54. The zero-order valence-corrected chi connectivity index (χ0v) is 16.3. The van der Waals surface area contributed by atoms with Crippen LogP contribution in [0.3, 0.4) is 0 Å². The number of amides is 1. The van der Waals surface area contributed by atoms with Gasteiger partial charge in [-0.25, -0.2) is 14.2 Å². The van der Waals surface area contributed by atoms with Gasteiger partial charge in [0.2, 0.25) is 0 Å². The van der Waals surface area contributed by atoms with Gasteiger partial charge in [0.25, 0.3) is 0 Å². The van der Waals surface area contributed by atoms with Crippen molar-refractivity contribution in [1.82, 2.24) is 19.4 Å². The number of nitrogens with zero attached hydrogens (tertiary/aromatic N) is 3. The SMILES string of the molecule is CCCCC(C)NC(=O)n1c(=O)n(CCN2CCOCC2)c2ccccc21. The number of unbranched alkanes of at least 4 members (excludes halogenated alkanes) is 1. The van der Waals surface area contributed by atoms with Crippen molar-refractivity contribution >= 4 is 17.1 Å². The van der Waals surface area contributed by atoms with Crippen molar-refractivity contribution in [2.45, 2.75) is 45.7 Å². The summed E-state index contributed by atoms with van der Waals surface area (Å²) in [6, 6.07) is 7.19. The first-order chi connectivity index (χ1) is 13.1. The van der Waals surface area contributed by atoms with Crippen LogP contribution in [0.1, 0.15) is 33.1 Å². The van der Waals surface area contributed by atoms with Crippen LogP contribution < -0.4 is 11.0 Å². The van der Waals surface area contributed by atoms with Crippen molar-refractivity contribution in [3.63, 3.8) is 0 Å². The monoisotopic (exact) mass is 374 g/mol. The predicted molar refractivity (Wildman–Crippen MR) is 106 cm³/mol. The van der Waals surface area contributed by atoms with Crippen LogP contribution in [0.5, 0.6) is 0 Å². The third-order valence-corrected chi connectivity index (χ3v) is 5.14. The lowest BCUT2D eigenvalue weighted by Gasteiger charge is -2.26. The van der Waals surface area contributed by atoms with Gasteiger partial charge in [0.15, 0.2) is 0 Å². The van der Waals surface area contributed by atoms with Gasteiger partial charge in [-0.05, 0) is 25.5 Å². The zero-order valence-electron chi connectivity index (χ0n) is 16.3. The molecule has 7 heteroatoms. The van der Waals surface area contributed by atoms with E-state index in [9.17, 15) is 9.59 Å². The maximum Gasteiger partial charge on any atom is 0.337 e. The zero-order chi connectivity index (χ0) is 19.2. The lowest BCUT2D eigenvalue weighted by Crippen LogP contribution is -2.42. The standard InChI is InChI=1S/C20H30N4O3/c1-3-4-7-16(2)21-19(25)24-18-9-6-5-8-17(18)23(20(24)26)11-10-22-12-14-27-15-13-22/h5-6,8-9,16H,3-4,7,10-15H2,1-2H3,(H,21,25). The molecule has 7 nitrogen and oxygen atoms in total. The van der Waals surface area contributed by atoms with Gasteiger partial charge in [-0.2, -0.15) is 0 Å². The number of ether oxygens (including phenoxy) is 1. The number of hydrogen-bond acceptors (Lipinski definition) is 4. The average Bonchev–Trinajstić information content (AvgIpc) is 2.97. The molecule has 1 aromatic carbocycles. The molecular formula is C20H30N4O3. The molecule has 1 saturated heterocycles. The molecule has 1 N–H and O–H groups in total. The maximum absolute atomic E-state index is 13.0. The van der Waals surface area contributed by atoms with Crippen LogP contribution in [0.25, 0.3) is 11.0 Å². The van der Waals surface area contributed by atoms with Crippen LogP contribution >= 0.6 is 0 Å². The van der Waals surface area contributed by atoms with E-state index in [4.69, 9.17) is 4.74 Å². The summed E-state index contributed by atoms with van der Waals surface area (Å²) in [7, 11) is 0. The van der Waals surface area contributed by atoms with E-state index in [1.165, 1.54) is 4.57 Å². The van der Waals surface area contributed by atoms with Crippen molar-refractivity contribution in [2.24, 2.45) is 0 Å². The first-order valence-corrected chi connectivity index (χ1v) is 9.93. The van der Waals surface area contributed by atoms with Crippen LogP contribution in [0.15, 0.2) is 29.1 Å². The molecule has 3 rings (SSSR count). The normalized spacial score (nSPS) is 16.5. The Balaban J connectivity index is 1.82. The Kier molecular flexibility index (Phi) is 6.68. The van der Waals surface area contributed by atoms with Crippen molar-refractivity contribution < 1.29 is 9.53 Å². The molecule has 2 heterocycles. The maximum atomic E-state index is 13.0. The average molecular weight is 374 g/mol. The minimum absolute atomic E-state index is 0.0415. The molecule has 148 valence electrons. The fraction of sp³-hybridized carbons (Fsp3) is 0.600. The number of benzene rings is 1. The van der Waals surface area contributed by atoms with Gasteiger partial charge in [-0.3, -0.25) is 9.47 Å². The summed E-state index contributed by atoms with van der Waals surface area (Å²) in [6.07, 6.45) is 3.05. The molecule has 0 spiro atoms. The molecule has 1 aliphatic rings. The Labute approximate surface area is 159 Å². The molecule has 0 saturated carbocycles. The number of rotatable bonds is 7. The van der Waals surface area contributed by atoms with Crippen molar-refractivity contribution in [3.8, 4) is 0 Å². The van der Waals surface area contributed by atoms with E-state index < -0.39 is 0 Å². The number of nitrogens with one attached hydrogen (secondary N) is 1. The molecule has 1 aromatic heterocycles.